The molecule has 9 nitrogen and oxygen atoms in total. The summed E-state index contributed by atoms with van der Waals surface area (Å²) in [6.07, 6.45) is 7.94. The molecule has 1 saturated heterocycles. The van der Waals surface area contributed by atoms with E-state index in [-0.39, 0.29) is 12.2 Å². The molecule has 5 heterocycles. The number of nitrogens with zero attached hydrogens (tertiary/aromatic N) is 5. The fourth-order valence-corrected chi connectivity index (χ4v) is 5.05. The molecule has 3 aliphatic rings. The highest BCUT2D eigenvalue weighted by atomic mass is 16.6. The zero-order valence-corrected chi connectivity index (χ0v) is 21.0. The van der Waals surface area contributed by atoms with E-state index in [1.165, 1.54) is 18.5 Å². The molecule has 1 saturated carbocycles. The molecule has 0 spiro atoms. The smallest absolute Gasteiger partial charge is 0.204 e. The lowest BCUT2D eigenvalue weighted by atomic mass is 10.1. The largest absolute Gasteiger partial charge is 0.493 e. The Bertz CT molecular complexity index is 1430. The van der Waals surface area contributed by atoms with Crippen molar-refractivity contribution in [3.8, 4) is 23.0 Å². The molecule has 0 radical (unpaired) electrons. The fourth-order valence-electron chi connectivity index (χ4n) is 5.05. The van der Waals surface area contributed by atoms with Crippen LogP contribution in [0.3, 0.4) is 0 Å². The van der Waals surface area contributed by atoms with Crippen molar-refractivity contribution in [3.63, 3.8) is 0 Å². The third-order valence-electron chi connectivity index (χ3n) is 7.24. The number of methoxy groups -OCH3 is 1. The second kappa shape index (κ2) is 8.92. The van der Waals surface area contributed by atoms with Crippen LogP contribution in [0.1, 0.15) is 41.7 Å². The topological polar surface area (TPSA) is 83.8 Å². The fraction of sp³-hybridized carbons (Fsp3) is 0.393. The predicted octanol–water partition coefficient (Wildman–Crippen LogP) is 3.97. The van der Waals surface area contributed by atoms with Gasteiger partial charge in [-0.2, -0.15) is 0 Å². The number of likely N-dealkylation sites (tertiary alicyclic amines) is 1. The highest BCUT2D eigenvalue weighted by molar-refractivity contribution is 5.72. The van der Waals surface area contributed by atoms with E-state index in [4.69, 9.17) is 18.9 Å². The van der Waals surface area contributed by atoms with E-state index in [0.717, 1.165) is 41.1 Å². The molecule has 4 aromatic rings. The van der Waals surface area contributed by atoms with Crippen LogP contribution in [0, 0.1) is 0 Å². The van der Waals surface area contributed by atoms with Crippen molar-refractivity contribution < 1.29 is 18.9 Å². The zero-order chi connectivity index (χ0) is 24.9. The lowest BCUT2D eigenvalue weighted by Gasteiger charge is -2.35. The van der Waals surface area contributed by atoms with Crippen molar-refractivity contribution in [2.24, 2.45) is 0 Å². The van der Waals surface area contributed by atoms with E-state index < -0.39 is 0 Å². The van der Waals surface area contributed by atoms with Crippen molar-refractivity contribution in [1.82, 2.24) is 24.4 Å². The molecule has 2 fully saturated rings. The van der Waals surface area contributed by atoms with Gasteiger partial charge in [-0.15, -0.1) is 0 Å². The van der Waals surface area contributed by atoms with Crippen LogP contribution in [0.2, 0.25) is 0 Å². The van der Waals surface area contributed by atoms with Crippen LogP contribution < -0.4 is 18.9 Å². The average Bonchev–Trinajstić information content (AvgIpc) is 3.69. The number of imidazole rings is 1. The normalized spacial score (nSPS) is 19.6. The lowest BCUT2D eigenvalue weighted by molar-refractivity contribution is 0.0387. The predicted molar refractivity (Wildman–Crippen MR) is 137 cm³/mol. The summed E-state index contributed by atoms with van der Waals surface area (Å²) in [6.45, 7) is 2.85. The van der Waals surface area contributed by atoms with E-state index in [0.29, 0.717) is 36.3 Å². The number of ether oxygens (including phenoxy) is 4. The zero-order valence-electron chi connectivity index (χ0n) is 21.0. The third-order valence-corrected chi connectivity index (χ3v) is 7.24. The van der Waals surface area contributed by atoms with Gasteiger partial charge < -0.3 is 23.5 Å². The molecule has 0 bridgehead atoms. The van der Waals surface area contributed by atoms with Crippen molar-refractivity contribution in [2.45, 2.75) is 37.5 Å². The molecule has 2 aliphatic heterocycles. The van der Waals surface area contributed by atoms with Gasteiger partial charge in [0.1, 0.15) is 24.0 Å². The maximum atomic E-state index is 6.34. The summed E-state index contributed by atoms with van der Waals surface area (Å²) in [7, 11) is 3.73. The Morgan fingerprint density at radius 2 is 1.95 bits per heavy atom. The van der Waals surface area contributed by atoms with Crippen LogP contribution in [0.15, 0.2) is 49.1 Å². The highest BCUT2D eigenvalue weighted by Gasteiger charge is 2.29. The number of hydrogen-bond acceptors (Lipinski definition) is 8. The number of rotatable bonds is 7. The first kappa shape index (κ1) is 22.4. The van der Waals surface area contributed by atoms with Crippen LogP contribution in [-0.4, -0.2) is 64.4 Å². The molecule has 1 unspecified atom stereocenters. The Labute approximate surface area is 215 Å². The van der Waals surface area contributed by atoms with Crippen LogP contribution >= 0.6 is 0 Å². The summed E-state index contributed by atoms with van der Waals surface area (Å²) in [6, 6.07) is 10.1. The summed E-state index contributed by atoms with van der Waals surface area (Å²) < 4.78 is 26.2. The lowest BCUT2D eigenvalue weighted by Crippen LogP contribution is -2.51. The number of likely N-dealkylation sites (N-methyl/N-ethyl adjacent to an activating group) is 1. The number of pyridine rings is 2. The molecule has 9 heteroatoms. The van der Waals surface area contributed by atoms with Gasteiger partial charge in [-0.25, -0.2) is 9.97 Å². The van der Waals surface area contributed by atoms with Gasteiger partial charge in [0.15, 0.2) is 23.3 Å². The van der Waals surface area contributed by atoms with E-state index in [1.807, 2.05) is 29.0 Å². The molecular weight excluding hydrogens is 470 g/mol. The number of hydrogen-bond donors (Lipinski definition) is 0. The van der Waals surface area contributed by atoms with Crippen molar-refractivity contribution in [2.75, 3.05) is 33.9 Å². The molecule has 1 aliphatic carbocycles. The minimum absolute atomic E-state index is 0.217. The minimum Gasteiger partial charge on any atom is -0.493 e. The Balaban J connectivity index is 1.09. The molecule has 1 aromatic carbocycles. The summed E-state index contributed by atoms with van der Waals surface area (Å²) in [5, 5.41) is 0. The van der Waals surface area contributed by atoms with Crippen molar-refractivity contribution in [1.29, 1.82) is 0 Å². The van der Waals surface area contributed by atoms with Crippen LogP contribution in [0.25, 0.3) is 11.2 Å². The van der Waals surface area contributed by atoms with Crippen molar-refractivity contribution in [3.05, 3.63) is 65.9 Å². The van der Waals surface area contributed by atoms with E-state index >= 15 is 0 Å². The molecule has 0 N–H and O–H groups in total. The van der Waals surface area contributed by atoms with Gasteiger partial charge in [-0.3, -0.25) is 9.88 Å². The van der Waals surface area contributed by atoms with E-state index in [1.54, 1.807) is 19.6 Å². The molecule has 37 heavy (non-hydrogen) atoms. The van der Waals surface area contributed by atoms with E-state index in [2.05, 4.69) is 39.0 Å². The van der Waals surface area contributed by atoms with Gasteiger partial charge in [0.2, 0.25) is 5.75 Å². The standard InChI is InChI=1S/C28H29N5O4/c1-32-13-21(14-32)36-20-9-23-28(30-11-20)33(16-31-23)12-17-7-24(34-2)27-25(8-17)35-15-26(37-27)19-5-6-22(29-10-19)18-3-4-18/h5-11,16,18,21,26H,3-4,12-15H2,1-2H3. The van der Waals surface area contributed by atoms with Crippen LogP contribution in [0.4, 0.5) is 0 Å². The Hall–Kier alpha value is -3.85. The van der Waals surface area contributed by atoms with Gasteiger partial charge in [0, 0.05) is 42.5 Å². The van der Waals surface area contributed by atoms with Gasteiger partial charge in [-0.1, -0.05) is 6.07 Å². The summed E-state index contributed by atoms with van der Waals surface area (Å²) in [5.74, 6) is 3.31. The first-order valence-electron chi connectivity index (χ1n) is 12.8. The molecule has 190 valence electrons. The highest BCUT2D eigenvalue weighted by Crippen LogP contribution is 2.45. The molecule has 7 rings (SSSR count). The van der Waals surface area contributed by atoms with Gasteiger partial charge in [0.25, 0.3) is 0 Å². The van der Waals surface area contributed by atoms with Crippen molar-refractivity contribution >= 4 is 11.2 Å². The first-order chi connectivity index (χ1) is 18.1. The molecule has 0 amide bonds. The van der Waals surface area contributed by atoms with Crippen LogP contribution in [-0.2, 0) is 6.54 Å². The van der Waals surface area contributed by atoms with Gasteiger partial charge in [0.05, 0.1) is 26.2 Å². The summed E-state index contributed by atoms with van der Waals surface area (Å²) in [4.78, 5) is 16.0. The second-order valence-electron chi connectivity index (χ2n) is 10.2. The Kier molecular flexibility index (Phi) is 5.39. The maximum Gasteiger partial charge on any atom is 0.204 e. The molecule has 3 aromatic heterocycles. The van der Waals surface area contributed by atoms with E-state index in [9.17, 15) is 0 Å². The monoisotopic (exact) mass is 499 g/mol. The number of benzene rings is 1. The molecular formula is C28H29N5O4. The number of aromatic nitrogens is 4. The first-order valence-corrected chi connectivity index (χ1v) is 12.8. The molecule has 1 atom stereocenters. The quantitative estimate of drug-likeness (QED) is 0.378. The Morgan fingerprint density at radius 1 is 1.05 bits per heavy atom. The van der Waals surface area contributed by atoms with Gasteiger partial charge >= 0.3 is 0 Å². The number of fused-ring (bicyclic) bond motifs is 2. The summed E-state index contributed by atoms with van der Waals surface area (Å²) >= 11 is 0. The summed E-state index contributed by atoms with van der Waals surface area (Å²) in [5.41, 5.74) is 4.78. The second-order valence-corrected chi connectivity index (χ2v) is 10.2. The van der Waals surface area contributed by atoms with Gasteiger partial charge in [-0.05, 0) is 43.7 Å². The maximum absolute atomic E-state index is 6.34. The SMILES string of the molecule is COc1cc(Cn2cnc3cc(OC4CN(C)C4)cnc32)cc2c1OC(c1ccc(C3CC3)nc1)CO2. The minimum atomic E-state index is -0.230. The Morgan fingerprint density at radius 3 is 2.70 bits per heavy atom. The average molecular weight is 500 g/mol. The third kappa shape index (κ3) is 4.33. The van der Waals surface area contributed by atoms with Crippen LogP contribution in [0.5, 0.6) is 23.0 Å².